The molecule has 0 bridgehead atoms. The van der Waals surface area contributed by atoms with Gasteiger partial charge in [-0.05, 0) is 37.3 Å². The number of nitro benzene ring substituents is 1. The van der Waals surface area contributed by atoms with Crippen LogP contribution in [0.25, 0.3) is 0 Å². The molecule has 28 heavy (non-hydrogen) atoms. The molecule has 2 rings (SSSR count). The third-order valence-corrected chi connectivity index (χ3v) is 3.96. The molecule has 2 aromatic rings. The first-order valence-electron chi connectivity index (χ1n) is 7.94. The van der Waals surface area contributed by atoms with E-state index < -0.39 is 28.6 Å². The Morgan fingerprint density at radius 1 is 1.14 bits per heavy atom. The topological polar surface area (TPSA) is 117 Å². The fourth-order valence-electron chi connectivity index (χ4n) is 2.24. The van der Waals surface area contributed by atoms with Gasteiger partial charge in [-0.25, -0.2) is 4.79 Å². The first kappa shape index (κ1) is 21.0. The normalized spacial score (nSPS) is 11.3. The highest BCUT2D eigenvalue weighted by molar-refractivity contribution is 6.32. The SMILES string of the molecule is COC(=O)c1ccc(O[C@H](C)C(=O)Nc2ccc(OC)c(Cl)c2)c([N+](=O)[O-])c1. The lowest BCUT2D eigenvalue weighted by molar-refractivity contribution is -0.386. The van der Waals surface area contributed by atoms with Crippen LogP contribution in [-0.2, 0) is 9.53 Å². The van der Waals surface area contributed by atoms with E-state index in [1.807, 2.05) is 0 Å². The molecule has 0 radical (unpaired) electrons. The Balaban J connectivity index is 2.16. The highest BCUT2D eigenvalue weighted by Gasteiger charge is 2.23. The highest BCUT2D eigenvalue weighted by Crippen LogP contribution is 2.30. The van der Waals surface area contributed by atoms with Crippen LogP contribution in [0, 0.1) is 10.1 Å². The van der Waals surface area contributed by atoms with E-state index in [9.17, 15) is 19.7 Å². The van der Waals surface area contributed by atoms with Crippen LogP contribution in [0.4, 0.5) is 11.4 Å². The van der Waals surface area contributed by atoms with Gasteiger partial charge in [0.2, 0.25) is 0 Å². The van der Waals surface area contributed by atoms with Crippen molar-refractivity contribution in [3.05, 3.63) is 57.1 Å². The number of hydrogen-bond donors (Lipinski definition) is 1. The lowest BCUT2D eigenvalue weighted by atomic mass is 10.2. The molecule has 0 heterocycles. The molecule has 0 aromatic heterocycles. The molecule has 2 aromatic carbocycles. The van der Waals surface area contributed by atoms with Crippen LogP contribution in [0.5, 0.6) is 11.5 Å². The summed E-state index contributed by atoms with van der Waals surface area (Å²) in [6.45, 7) is 1.43. The minimum atomic E-state index is -1.07. The van der Waals surface area contributed by atoms with Gasteiger partial charge in [0.15, 0.2) is 11.9 Å². The van der Waals surface area contributed by atoms with Crippen LogP contribution >= 0.6 is 11.6 Å². The molecular formula is C18H17ClN2O7. The molecule has 1 N–H and O–H groups in total. The quantitative estimate of drug-likeness (QED) is 0.423. The fourth-order valence-corrected chi connectivity index (χ4v) is 2.49. The number of benzene rings is 2. The van der Waals surface area contributed by atoms with E-state index in [1.54, 1.807) is 12.1 Å². The second kappa shape index (κ2) is 9.05. The van der Waals surface area contributed by atoms with Gasteiger partial charge < -0.3 is 19.5 Å². The first-order valence-corrected chi connectivity index (χ1v) is 8.32. The van der Waals surface area contributed by atoms with Crippen LogP contribution in [0.2, 0.25) is 5.02 Å². The Hall–Kier alpha value is -3.33. The third-order valence-electron chi connectivity index (χ3n) is 3.67. The second-order valence-corrected chi connectivity index (χ2v) is 5.94. The number of nitrogens with zero attached hydrogens (tertiary/aromatic N) is 1. The van der Waals surface area contributed by atoms with Crippen molar-refractivity contribution in [2.45, 2.75) is 13.0 Å². The van der Waals surface area contributed by atoms with Crippen LogP contribution in [0.15, 0.2) is 36.4 Å². The van der Waals surface area contributed by atoms with Gasteiger partial charge in [-0.2, -0.15) is 0 Å². The highest BCUT2D eigenvalue weighted by atomic mass is 35.5. The van der Waals surface area contributed by atoms with Crippen molar-refractivity contribution >= 4 is 34.9 Å². The molecule has 0 unspecified atom stereocenters. The Kier molecular flexibility index (Phi) is 6.78. The predicted octanol–water partition coefficient (Wildman–Crippen LogP) is 3.45. The number of carbonyl (C=O) groups is 2. The zero-order valence-corrected chi connectivity index (χ0v) is 16.0. The van der Waals surface area contributed by atoms with Crippen LogP contribution in [0.3, 0.4) is 0 Å². The van der Waals surface area contributed by atoms with Gasteiger partial charge in [0.05, 0.1) is 29.7 Å². The summed E-state index contributed by atoms with van der Waals surface area (Å²) < 4.78 is 15.0. The lowest BCUT2D eigenvalue weighted by Crippen LogP contribution is -2.30. The van der Waals surface area contributed by atoms with E-state index in [4.69, 9.17) is 21.1 Å². The lowest BCUT2D eigenvalue weighted by Gasteiger charge is -2.15. The van der Waals surface area contributed by atoms with E-state index in [1.165, 1.54) is 32.2 Å². The van der Waals surface area contributed by atoms with Gasteiger partial charge in [-0.15, -0.1) is 0 Å². The number of nitrogens with one attached hydrogen (secondary N) is 1. The second-order valence-electron chi connectivity index (χ2n) is 5.53. The number of halogens is 1. The Labute approximate surface area is 165 Å². The van der Waals surface area contributed by atoms with Crippen molar-refractivity contribution in [2.24, 2.45) is 0 Å². The average molecular weight is 409 g/mol. The largest absolute Gasteiger partial charge is 0.495 e. The van der Waals surface area contributed by atoms with E-state index in [-0.39, 0.29) is 11.3 Å². The number of hydrogen-bond acceptors (Lipinski definition) is 7. The molecule has 0 fully saturated rings. The van der Waals surface area contributed by atoms with Gasteiger partial charge in [-0.3, -0.25) is 14.9 Å². The summed E-state index contributed by atoms with van der Waals surface area (Å²) in [4.78, 5) is 34.4. The summed E-state index contributed by atoms with van der Waals surface area (Å²) in [7, 11) is 2.63. The maximum absolute atomic E-state index is 12.3. The van der Waals surface area contributed by atoms with Gasteiger partial charge in [0.1, 0.15) is 5.75 Å². The smallest absolute Gasteiger partial charge is 0.338 e. The van der Waals surface area contributed by atoms with E-state index in [0.29, 0.717) is 16.5 Å². The number of amides is 1. The first-order chi connectivity index (χ1) is 13.3. The van der Waals surface area contributed by atoms with Crippen molar-refractivity contribution in [3.8, 4) is 11.5 Å². The minimum Gasteiger partial charge on any atom is -0.495 e. The summed E-state index contributed by atoms with van der Waals surface area (Å²) in [5.74, 6) is -0.984. The molecule has 0 aliphatic heterocycles. The predicted molar refractivity (Wildman–Crippen MR) is 101 cm³/mol. The number of anilines is 1. The maximum atomic E-state index is 12.3. The van der Waals surface area contributed by atoms with E-state index in [2.05, 4.69) is 10.1 Å². The summed E-state index contributed by atoms with van der Waals surface area (Å²) in [6, 6.07) is 8.23. The van der Waals surface area contributed by atoms with Gasteiger partial charge in [0.25, 0.3) is 5.91 Å². The van der Waals surface area contributed by atoms with Gasteiger partial charge in [-0.1, -0.05) is 11.6 Å². The van der Waals surface area contributed by atoms with Gasteiger partial charge in [0, 0.05) is 11.8 Å². The number of esters is 1. The zero-order valence-electron chi connectivity index (χ0n) is 15.2. The van der Waals surface area contributed by atoms with Crippen LogP contribution in [-0.4, -0.2) is 37.1 Å². The number of methoxy groups -OCH3 is 2. The van der Waals surface area contributed by atoms with Crippen molar-refractivity contribution in [2.75, 3.05) is 19.5 Å². The molecule has 0 aliphatic carbocycles. The third kappa shape index (κ3) is 4.89. The summed E-state index contributed by atoms with van der Waals surface area (Å²) >= 11 is 6.01. The molecule has 148 valence electrons. The van der Waals surface area contributed by atoms with E-state index in [0.717, 1.165) is 13.2 Å². The Bertz CT molecular complexity index is 917. The number of nitro groups is 1. The molecule has 0 aliphatic rings. The molecule has 0 saturated carbocycles. The summed E-state index contributed by atoms with van der Waals surface area (Å²) in [5, 5.41) is 14.2. The number of ether oxygens (including phenoxy) is 3. The van der Waals surface area contributed by atoms with Crippen LogP contribution < -0.4 is 14.8 Å². The zero-order chi connectivity index (χ0) is 20.8. The molecule has 9 nitrogen and oxygen atoms in total. The van der Waals surface area contributed by atoms with Crippen LogP contribution in [0.1, 0.15) is 17.3 Å². The van der Waals surface area contributed by atoms with Crippen molar-refractivity contribution in [1.29, 1.82) is 0 Å². The minimum absolute atomic E-state index is 0.00784. The molecule has 0 spiro atoms. The molecule has 1 atom stereocenters. The summed E-state index contributed by atoms with van der Waals surface area (Å²) in [5.41, 5.74) is -0.0663. The standard InChI is InChI=1S/C18H17ClN2O7/c1-10(17(22)20-12-5-7-15(26-2)13(19)9-12)28-16-6-4-11(18(23)27-3)8-14(16)21(24)25/h4-10H,1-3H3,(H,20,22)/t10-/m1/s1. The van der Waals surface area contributed by atoms with E-state index >= 15 is 0 Å². The molecule has 10 heteroatoms. The Morgan fingerprint density at radius 2 is 1.82 bits per heavy atom. The number of carbonyl (C=O) groups excluding carboxylic acids is 2. The number of rotatable bonds is 7. The van der Waals surface area contributed by atoms with Crippen molar-refractivity contribution in [3.63, 3.8) is 0 Å². The molecular weight excluding hydrogens is 392 g/mol. The average Bonchev–Trinajstić information content (AvgIpc) is 2.67. The monoisotopic (exact) mass is 408 g/mol. The van der Waals surface area contributed by atoms with Crippen molar-refractivity contribution < 1.29 is 28.7 Å². The summed E-state index contributed by atoms with van der Waals surface area (Å²) in [6.07, 6.45) is -1.07. The van der Waals surface area contributed by atoms with Crippen molar-refractivity contribution in [1.82, 2.24) is 0 Å². The Morgan fingerprint density at radius 3 is 2.39 bits per heavy atom. The van der Waals surface area contributed by atoms with Gasteiger partial charge >= 0.3 is 11.7 Å². The molecule has 0 saturated heterocycles. The fraction of sp³-hybridized carbons (Fsp3) is 0.222. The molecule has 1 amide bonds. The maximum Gasteiger partial charge on any atom is 0.338 e.